The first-order valence-corrected chi connectivity index (χ1v) is 10.2. The van der Waals surface area contributed by atoms with Crippen molar-refractivity contribution in [2.75, 3.05) is 14.1 Å². The van der Waals surface area contributed by atoms with E-state index in [0.717, 1.165) is 5.56 Å². The number of nitrogens with zero attached hydrogens (tertiary/aromatic N) is 5. The van der Waals surface area contributed by atoms with Crippen molar-refractivity contribution in [2.45, 2.75) is 23.9 Å². The second-order valence-electron chi connectivity index (χ2n) is 6.79. The lowest BCUT2D eigenvalue weighted by atomic mass is 10.2. The fourth-order valence-corrected chi connectivity index (χ4v) is 3.64. The van der Waals surface area contributed by atoms with E-state index < -0.39 is 11.0 Å². The summed E-state index contributed by atoms with van der Waals surface area (Å²) in [5.74, 6) is 1.22. The zero-order valence-electron chi connectivity index (χ0n) is 16.8. The van der Waals surface area contributed by atoms with Gasteiger partial charge in [0.2, 0.25) is 0 Å². The summed E-state index contributed by atoms with van der Waals surface area (Å²) in [6, 6.07) is 15.5. The summed E-state index contributed by atoms with van der Waals surface area (Å²) in [5.41, 5.74) is 1.82. The van der Waals surface area contributed by atoms with E-state index in [1.165, 1.54) is 28.8 Å². The van der Waals surface area contributed by atoms with E-state index in [0.29, 0.717) is 22.4 Å². The molecule has 0 fully saturated rings. The van der Waals surface area contributed by atoms with Crippen molar-refractivity contribution in [1.29, 1.82) is 0 Å². The van der Waals surface area contributed by atoms with Gasteiger partial charge in [-0.15, -0.1) is 10.2 Å². The van der Waals surface area contributed by atoms with Crippen LogP contribution in [0, 0.1) is 10.1 Å². The minimum Gasteiger partial charge on any atom is -0.331 e. The van der Waals surface area contributed by atoms with Crippen molar-refractivity contribution in [3.05, 3.63) is 76.1 Å². The zero-order valence-corrected chi connectivity index (χ0v) is 17.7. The summed E-state index contributed by atoms with van der Waals surface area (Å²) in [6.45, 7) is 1.82. The number of rotatable bonds is 7. The summed E-state index contributed by atoms with van der Waals surface area (Å²) in [5, 5.41) is 23.1. The van der Waals surface area contributed by atoms with Crippen LogP contribution in [0.5, 0.6) is 0 Å². The summed E-state index contributed by atoms with van der Waals surface area (Å²) in [6.07, 6.45) is 0. The van der Waals surface area contributed by atoms with Gasteiger partial charge in [-0.25, -0.2) is 4.79 Å². The predicted octanol–water partition coefficient (Wildman–Crippen LogP) is 3.80. The van der Waals surface area contributed by atoms with Crippen LogP contribution in [0.15, 0.2) is 59.8 Å². The number of amides is 2. The maximum Gasteiger partial charge on any atom is 0.317 e. The van der Waals surface area contributed by atoms with Crippen LogP contribution >= 0.6 is 11.8 Å². The second-order valence-corrected chi connectivity index (χ2v) is 7.73. The molecule has 0 radical (unpaired) electrons. The van der Waals surface area contributed by atoms with Crippen LogP contribution in [0.2, 0.25) is 0 Å². The van der Waals surface area contributed by atoms with E-state index >= 15 is 0 Å². The highest BCUT2D eigenvalue weighted by Gasteiger charge is 2.22. The van der Waals surface area contributed by atoms with Crippen LogP contribution in [-0.4, -0.2) is 44.7 Å². The average Bonchev–Trinajstić information content (AvgIpc) is 3.17. The van der Waals surface area contributed by atoms with E-state index in [4.69, 9.17) is 0 Å². The molecule has 1 atom stereocenters. The molecule has 0 saturated carbocycles. The number of carbonyl (C=O) groups excluding carboxylic acids is 1. The summed E-state index contributed by atoms with van der Waals surface area (Å²) >= 11 is 1.50. The van der Waals surface area contributed by atoms with Gasteiger partial charge in [-0.1, -0.05) is 42.1 Å². The number of thioether (sulfide) groups is 1. The quantitative estimate of drug-likeness (QED) is 0.350. The smallest absolute Gasteiger partial charge is 0.317 e. The minimum atomic E-state index is -0.443. The van der Waals surface area contributed by atoms with Crippen molar-refractivity contribution in [2.24, 2.45) is 0 Å². The van der Waals surface area contributed by atoms with Gasteiger partial charge in [0.05, 0.1) is 11.0 Å². The fourth-order valence-electron chi connectivity index (χ4n) is 2.72. The first-order valence-electron chi connectivity index (χ1n) is 9.21. The van der Waals surface area contributed by atoms with Gasteiger partial charge in [0.1, 0.15) is 0 Å². The Bertz CT molecular complexity index is 1020. The lowest BCUT2D eigenvalue weighted by molar-refractivity contribution is -0.384. The number of hydrogen-bond donors (Lipinski definition) is 1. The third kappa shape index (κ3) is 4.95. The molecule has 1 heterocycles. The van der Waals surface area contributed by atoms with Crippen LogP contribution in [0.3, 0.4) is 0 Å². The first-order chi connectivity index (χ1) is 14.4. The Balaban J connectivity index is 1.94. The maximum absolute atomic E-state index is 12.1. The molecule has 1 N–H and O–H groups in total. The van der Waals surface area contributed by atoms with Crippen LogP contribution in [0.1, 0.15) is 24.4 Å². The Labute approximate surface area is 178 Å². The highest BCUT2D eigenvalue weighted by atomic mass is 32.2. The molecule has 2 aromatic carbocycles. The number of nitrogens with one attached hydrogen (secondary N) is 1. The van der Waals surface area contributed by atoms with Crippen molar-refractivity contribution in [3.63, 3.8) is 0 Å². The summed E-state index contributed by atoms with van der Waals surface area (Å²) in [7, 11) is 3.31. The monoisotopic (exact) mass is 426 g/mol. The van der Waals surface area contributed by atoms with Crippen LogP contribution in [0.4, 0.5) is 10.5 Å². The van der Waals surface area contributed by atoms with E-state index in [-0.39, 0.29) is 11.7 Å². The molecule has 0 spiro atoms. The van der Waals surface area contributed by atoms with E-state index in [1.807, 2.05) is 41.8 Å². The lowest BCUT2D eigenvalue weighted by Crippen LogP contribution is -2.37. The highest BCUT2D eigenvalue weighted by Crippen LogP contribution is 2.28. The van der Waals surface area contributed by atoms with Crippen LogP contribution in [-0.2, 0) is 5.75 Å². The van der Waals surface area contributed by atoms with Gasteiger partial charge in [-0.3, -0.25) is 14.7 Å². The lowest BCUT2D eigenvalue weighted by Gasteiger charge is -2.18. The van der Waals surface area contributed by atoms with E-state index in [1.54, 1.807) is 26.2 Å². The van der Waals surface area contributed by atoms with Gasteiger partial charge >= 0.3 is 6.03 Å². The molecule has 0 aliphatic heterocycles. The largest absolute Gasteiger partial charge is 0.331 e. The molecule has 10 heteroatoms. The molecule has 0 aliphatic rings. The average molecular weight is 427 g/mol. The van der Waals surface area contributed by atoms with E-state index in [2.05, 4.69) is 15.5 Å². The molecule has 2 amide bonds. The molecule has 30 heavy (non-hydrogen) atoms. The molecule has 1 unspecified atom stereocenters. The Kier molecular flexibility index (Phi) is 6.68. The molecule has 0 saturated heterocycles. The molecule has 3 rings (SSSR count). The highest BCUT2D eigenvalue weighted by molar-refractivity contribution is 7.98. The van der Waals surface area contributed by atoms with Crippen LogP contribution in [0.25, 0.3) is 5.69 Å². The number of nitro benzene ring substituents is 1. The Morgan fingerprint density at radius 2 is 1.83 bits per heavy atom. The van der Waals surface area contributed by atoms with Gasteiger partial charge in [0.15, 0.2) is 11.0 Å². The number of nitro groups is 1. The van der Waals surface area contributed by atoms with E-state index in [9.17, 15) is 14.9 Å². The van der Waals surface area contributed by atoms with Gasteiger partial charge in [0, 0.05) is 37.7 Å². The van der Waals surface area contributed by atoms with Crippen molar-refractivity contribution in [1.82, 2.24) is 25.0 Å². The van der Waals surface area contributed by atoms with Gasteiger partial charge in [-0.2, -0.15) is 0 Å². The number of carbonyl (C=O) groups is 1. The Morgan fingerprint density at radius 3 is 2.43 bits per heavy atom. The standard InChI is InChI=1S/C20H22N6O3S/c1-14(21-19(27)24(2)3)18-22-23-20(30-13-15-7-5-4-6-8-15)25(18)16-9-11-17(12-10-16)26(28)29/h4-12,14H,13H2,1-3H3,(H,21,27). The molecule has 1 aromatic heterocycles. The number of urea groups is 1. The van der Waals surface area contributed by atoms with Gasteiger partial charge in [0.25, 0.3) is 5.69 Å². The normalized spacial score (nSPS) is 11.7. The van der Waals surface area contributed by atoms with Gasteiger partial charge < -0.3 is 10.2 Å². The Morgan fingerprint density at radius 1 is 1.17 bits per heavy atom. The fraction of sp³-hybridized carbons (Fsp3) is 0.250. The topological polar surface area (TPSA) is 106 Å². The third-order valence-electron chi connectivity index (χ3n) is 4.32. The summed E-state index contributed by atoms with van der Waals surface area (Å²) < 4.78 is 1.82. The van der Waals surface area contributed by atoms with Crippen LogP contribution < -0.4 is 5.32 Å². The molecular formula is C20H22N6O3S. The molecule has 3 aromatic rings. The predicted molar refractivity (Wildman–Crippen MR) is 115 cm³/mol. The SMILES string of the molecule is CC(NC(=O)N(C)C)c1nnc(SCc2ccccc2)n1-c1ccc([N+](=O)[O-])cc1. The third-order valence-corrected chi connectivity index (χ3v) is 5.32. The Hall–Kier alpha value is -3.40. The number of non-ortho nitro benzene ring substituents is 1. The number of aromatic nitrogens is 3. The van der Waals surface area contributed by atoms with Crippen molar-refractivity contribution < 1.29 is 9.72 Å². The molecule has 0 aliphatic carbocycles. The number of benzene rings is 2. The second kappa shape index (κ2) is 9.40. The molecule has 0 bridgehead atoms. The minimum absolute atomic E-state index is 0.000761. The van der Waals surface area contributed by atoms with Crippen molar-refractivity contribution in [3.8, 4) is 5.69 Å². The molecule has 156 valence electrons. The maximum atomic E-state index is 12.1. The number of hydrogen-bond acceptors (Lipinski definition) is 6. The summed E-state index contributed by atoms with van der Waals surface area (Å²) in [4.78, 5) is 24.1. The van der Waals surface area contributed by atoms with Gasteiger partial charge in [-0.05, 0) is 24.6 Å². The molecule has 9 nitrogen and oxygen atoms in total. The first kappa shape index (κ1) is 21.3. The zero-order chi connectivity index (χ0) is 21.7. The van der Waals surface area contributed by atoms with Crippen molar-refractivity contribution >= 4 is 23.5 Å². The molecular weight excluding hydrogens is 404 g/mol.